The van der Waals surface area contributed by atoms with Gasteiger partial charge in [0.15, 0.2) is 6.23 Å². The van der Waals surface area contributed by atoms with E-state index < -0.39 is 35.8 Å². The first kappa shape index (κ1) is 26.8. The second-order valence-electron chi connectivity index (χ2n) is 9.57. The minimum absolute atomic E-state index is 0.229. The molecule has 1 fully saturated rings. The van der Waals surface area contributed by atoms with Crippen molar-refractivity contribution in [3.05, 3.63) is 140 Å². The monoisotopic (exact) mass is 528 g/mol. The highest BCUT2D eigenvalue weighted by Crippen LogP contribution is 2.34. The van der Waals surface area contributed by atoms with Gasteiger partial charge in [-0.25, -0.2) is 4.79 Å². The molecule has 4 aromatic rings. The number of ether oxygens (including phenoxy) is 4. The lowest BCUT2D eigenvalue weighted by atomic mass is 10.1. The molecule has 8 nitrogen and oxygen atoms in total. The molecule has 8 heteroatoms. The Labute approximate surface area is 226 Å². The van der Waals surface area contributed by atoms with Crippen molar-refractivity contribution in [2.75, 3.05) is 6.61 Å². The Morgan fingerprint density at radius 1 is 0.744 bits per heavy atom. The summed E-state index contributed by atoms with van der Waals surface area (Å²) in [5.74, 6) is 0. The minimum atomic E-state index is -0.831. The highest BCUT2D eigenvalue weighted by molar-refractivity contribution is 5.15. The number of H-pyrrole nitrogens is 1. The number of hydrogen-bond acceptors (Lipinski definition) is 6. The Hall–Kier alpha value is -3.82. The summed E-state index contributed by atoms with van der Waals surface area (Å²) >= 11 is 0. The molecular weight excluding hydrogens is 496 g/mol. The number of hydrogen-bond donors (Lipinski definition) is 1. The van der Waals surface area contributed by atoms with Crippen LogP contribution in [0.1, 0.15) is 28.5 Å². The minimum Gasteiger partial charge on any atom is -0.374 e. The summed E-state index contributed by atoms with van der Waals surface area (Å²) in [4.78, 5) is 27.3. The van der Waals surface area contributed by atoms with Crippen LogP contribution in [0.15, 0.2) is 107 Å². The molecule has 4 atom stereocenters. The summed E-state index contributed by atoms with van der Waals surface area (Å²) in [5, 5.41) is 0. The first-order valence-corrected chi connectivity index (χ1v) is 13.0. The van der Waals surface area contributed by atoms with Gasteiger partial charge in [-0.15, -0.1) is 0 Å². The molecule has 0 saturated carbocycles. The topological polar surface area (TPSA) is 91.8 Å². The number of nitrogens with one attached hydrogen (secondary N) is 1. The van der Waals surface area contributed by atoms with Gasteiger partial charge in [0.05, 0.1) is 26.4 Å². The van der Waals surface area contributed by atoms with E-state index in [1.165, 1.54) is 10.8 Å². The molecule has 0 radical (unpaired) electrons. The second kappa shape index (κ2) is 12.8. The zero-order valence-corrected chi connectivity index (χ0v) is 21.8. The molecule has 1 N–H and O–H groups in total. The summed E-state index contributed by atoms with van der Waals surface area (Å²) in [7, 11) is 0. The van der Waals surface area contributed by atoms with Gasteiger partial charge in [-0.1, -0.05) is 91.0 Å². The predicted octanol–water partition coefficient (Wildman–Crippen LogP) is 4.13. The number of rotatable bonds is 11. The summed E-state index contributed by atoms with van der Waals surface area (Å²) in [6.07, 6.45) is -1.05. The van der Waals surface area contributed by atoms with E-state index in [9.17, 15) is 9.59 Å². The van der Waals surface area contributed by atoms with E-state index in [0.29, 0.717) is 25.4 Å². The molecule has 0 spiro atoms. The third-order valence-electron chi connectivity index (χ3n) is 6.67. The fraction of sp³-hybridized carbons (Fsp3) is 0.290. The van der Waals surface area contributed by atoms with Gasteiger partial charge >= 0.3 is 5.69 Å². The molecule has 2 heterocycles. The maximum atomic E-state index is 12.9. The van der Waals surface area contributed by atoms with Gasteiger partial charge in [-0.3, -0.25) is 14.3 Å². The smallest absolute Gasteiger partial charge is 0.330 e. The van der Waals surface area contributed by atoms with Crippen LogP contribution < -0.4 is 11.2 Å². The standard InChI is InChI=1S/C31H32N2O6/c1-22-17-33(31(35)32-29(22)34)30-28(38-20-25-15-9-4-10-16-25)27(37-19-24-13-7-3-8-14-24)26(39-30)21-36-18-23-11-5-2-6-12-23/h2-17,26-28,30H,18-21H2,1H3,(H,32,34,35)/t26-,27-,28+,30+/m0/s1. The van der Waals surface area contributed by atoms with Crippen molar-refractivity contribution < 1.29 is 18.9 Å². The fourth-order valence-corrected chi connectivity index (χ4v) is 4.62. The van der Waals surface area contributed by atoms with E-state index in [2.05, 4.69) is 4.98 Å². The molecule has 0 amide bonds. The summed E-state index contributed by atoms with van der Waals surface area (Å²) < 4.78 is 26.7. The number of nitrogens with zero attached hydrogens (tertiary/aromatic N) is 1. The van der Waals surface area contributed by atoms with Crippen LogP contribution in [0.5, 0.6) is 0 Å². The van der Waals surface area contributed by atoms with Crippen molar-refractivity contribution in [1.82, 2.24) is 9.55 Å². The van der Waals surface area contributed by atoms with Crippen LogP contribution in [0.25, 0.3) is 0 Å². The van der Waals surface area contributed by atoms with Gasteiger partial charge in [-0.2, -0.15) is 0 Å². The summed E-state index contributed by atoms with van der Waals surface area (Å²) in [6, 6.07) is 29.5. The Kier molecular flexibility index (Phi) is 8.80. The van der Waals surface area contributed by atoms with Crippen LogP contribution in [-0.4, -0.2) is 34.5 Å². The third-order valence-corrected chi connectivity index (χ3v) is 6.67. The van der Waals surface area contributed by atoms with E-state index in [-0.39, 0.29) is 6.61 Å². The fourth-order valence-electron chi connectivity index (χ4n) is 4.62. The van der Waals surface area contributed by atoms with E-state index in [1.807, 2.05) is 91.0 Å². The molecule has 1 aliphatic heterocycles. The van der Waals surface area contributed by atoms with Crippen LogP contribution in [0.4, 0.5) is 0 Å². The average molecular weight is 529 g/mol. The van der Waals surface area contributed by atoms with Crippen LogP contribution in [-0.2, 0) is 38.8 Å². The Bertz CT molecular complexity index is 1440. The Balaban J connectivity index is 1.43. The Morgan fingerprint density at radius 3 is 1.82 bits per heavy atom. The van der Waals surface area contributed by atoms with Crippen LogP contribution in [0.3, 0.4) is 0 Å². The highest BCUT2D eigenvalue weighted by atomic mass is 16.6. The van der Waals surface area contributed by atoms with Crippen molar-refractivity contribution >= 4 is 0 Å². The van der Waals surface area contributed by atoms with Crippen LogP contribution in [0, 0.1) is 6.92 Å². The normalized spacial score (nSPS) is 20.7. The van der Waals surface area contributed by atoms with Gasteiger partial charge in [0.2, 0.25) is 0 Å². The Morgan fingerprint density at radius 2 is 1.26 bits per heavy atom. The largest absolute Gasteiger partial charge is 0.374 e. The van der Waals surface area contributed by atoms with Crippen molar-refractivity contribution in [1.29, 1.82) is 0 Å². The average Bonchev–Trinajstić information content (AvgIpc) is 3.31. The first-order chi connectivity index (χ1) is 19.1. The summed E-state index contributed by atoms with van der Waals surface area (Å²) in [5.41, 5.74) is 2.41. The second-order valence-corrected chi connectivity index (χ2v) is 9.57. The molecule has 3 aromatic carbocycles. The lowest BCUT2D eigenvalue weighted by Crippen LogP contribution is -2.41. The molecule has 1 aliphatic rings. The summed E-state index contributed by atoms with van der Waals surface area (Å²) in [6.45, 7) is 2.91. The maximum Gasteiger partial charge on any atom is 0.330 e. The van der Waals surface area contributed by atoms with Gasteiger partial charge in [0.1, 0.15) is 18.3 Å². The molecule has 0 unspecified atom stereocenters. The van der Waals surface area contributed by atoms with Gasteiger partial charge in [0.25, 0.3) is 5.56 Å². The number of aromatic amines is 1. The molecule has 0 aliphatic carbocycles. The quantitative estimate of drug-likeness (QED) is 0.315. The van der Waals surface area contributed by atoms with Gasteiger partial charge < -0.3 is 18.9 Å². The van der Waals surface area contributed by atoms with Gasteiger partial charge in [-0.05, 0) is 23.6 Å². The van der Waals surface area contributed by atoms with Gasteiger partial charge in [0, 0.05) is 11.8 Å². The SMILES string of the molecule is Cc1cn([C@@H]2O[C@@H](COCc3ccccc3)[C@H](OCc3ccccc3)[C@H]2OCc2ccccc2)c(=O)[nH]c1=O. The van der Waals surface area contributed by atoms with Crippen molar-refractivity contribution in [2.24, 2.45) is 0 Å². The van der Waals surface area contributed by atoms with E-state index in [0.717, 1.165) is 16.7 Å². The zero-order valence-electron chi connectivity index (χ0n) is 21.8. The number of aryl methyl sites for hydroxylation is 1. The van der Waals surface area contributed by atoms with Crippen molar-refractivity contribution in [3.8, 4) is 0 Å². The molecular formula is C31H32N2O6. The van der Waals surface area contributed by atoms with Crippen molar-refractivity contribution in [2.45, 2.75) is 51.3 Å². The lowest BCUT2D eigenvalue weighted by molar-refractivity contribution is -0.0921. The maximum absolute atomic E-state index is 12.9. The predicted molar refractivity (Wildman–Crippen MR) is 146 cm³/mol. The molecule has 202 valence electrons. The molecule has 0 bridgehead atoms. The number of aromatic nitrogens is 2. The van der Waals surface area contributed by atoms with Crippen LogP contribution in [0.2, 0.25) is 0 Å². The molecule has 1 saturated heterocycles. The third kappa shape index (κ3) is 6.79. The molecule has 5 rings (SSSR count). The lowest BCUT2D eigenvalue weighted by Gasteiger charge is -2.25. The van der Waals surface area contributed by atoms with E-state index >= 15 is 0 Å². The van der Waals surface area contributed by atoms with E-state index in [1.54, 1.807) is 6.92 Å². The zero-order chi connectivity index (χ0) is 27.0. The van der Waals surface area contributed by atoms with E-state index in [4.69, 9.17) is 18.9 Å². The van der Waals surface area contributed by atoms with Crippen LogP contribution >= 0.6 is 0 Å². The molecule has 1 aromatic heterocycles. The first-order valence-electron chi connectivity index (χ1n) is 13.0. The van der Waals surface area contributed by atoms with Crippen molar-refractivity contribution in [3.63, 3.8) is 0 Å². The highest BCUT2D eigenvalue weighted by Gasteiger charge is 2.48. The number of benzene rings is 3. The molecule has 39 heavy (non-hydrogen) atoms.